The quantitative estimate of drug-likeness (QED) is 0.639. The van der Waals surface area contributed by atoms with Gasteiger partial charge in [-0.1, -0.05) is 13.3 Å². The Labute approximate surface area is 114 Å². The molecule has 0 saturated heterocycles. The minimum Gasteiger partial charge on any atom is -0.467 e. The average Bonchev–Trinajstić information content (AvgIpc) is 2.90. The molecule has 0 aromatic carbocycles. The van der Waals surface area contributed by atoms with E-state index in [0.717, 1.165) is 18.6 Å². The standard InChI is InChI=1S/C14H25NO4/c1-3-5-12(9-17-2)15-8-13(16)10-18-11-14-6-4-7-19-14/h4,6-7,12-13,15-16H,3,5,8-11H2,1-2H3. The fraction of sp³-hybridized carbons (Fsp3) is 0.714. The third kappa shape index (κ3) is 7.32. The average molecular weight is 271 g/mol. The zero-order valence-corrected chi connectivity index (χ0v) is 11.8. The highest BCUT2D eigenvalue weighted by Crippen LogP contribution is 2.02. The molecule has 1 heterocycles. The van der Waals surface area contributed by atoms with E-state index in [1.165, 1.54) is 0 Å². The van der Waals surface area contributed by atoms with Gasteiger partial charge in [0.25, 0.3) is 0 Å². The van der Waals surface area contributed by atoms with E-state index in [9.17, 15) is 5.11 Å². The van der Waals surface area contributed by atoms with Crippen LogP contribution in [0.2, 0.25) is 0 Å². The molecule has 0 aliphatic rings. The van der Waals surface area contributed by atoms with E-state index in [4.69, 9.17) is 13.9 Å². The van der Waals surface area contributed by atoms with Gasteiger partial charge in [-0.05, 0) is 18.6 Å². The minimum atomic E-state index is -0.522. The first-order chi connectivity index (χ1) is 9.26. The molecular weight excluding hydrogens is 246 g/mol. The molecule has 1 aromatic heterocycles. The van der Waals surface area contributed by atoms with E-state index < -0.39 is 6.10 Å². The largest absolute Gasteiger partial charge is 0.467 e. The van der Waals surface area contributed by atoms with Gasteiger partial charge in [-0.15, -0.1) is 0 Å². The van der Waals surface area contributed by atoms with Crippen molar-refractivity contribution in [3.8, 4) is 0 Å². The normalized spacial score (nSPS) is 14.5. The topological polar surface area (TPSA) is 63.9 Å². The van der Waals surface area contributed by atoms with Gasteiger partial charge in [-0.25, -0.2) is 0 Å². The Morgan fingerprint density at radius 1 is 1.42 bits per heavy atom. The van der Waals surface area contributed by atoms with Crippen molar-refractivity contribution in [1.29, 1.82) is 0 Å². The number of ether oxygens (including phenoxy) is 2. The summed E-state index contributed by atoms with van der Waals surface area (Å²) >= 11 is 0. The first-order valence-electron chi connectivity index (χ1n) is 6.76. The van der Waals surface area contributed by atoms with Gasteiger partial charge in [0.2, 0.25) is 0 Å². The lowest BCUT2D eigenvalue weighted by molar-refractivity contribution is 0.0198. The van der Waals surface area contributed by atoms with Crippen LogP contribution in [0.3, 0.4) is 0 Å². The summed E-state index contributed by atoms with van der Waals surface area (Å²) in [5.41, 5.74) is 0. The molecule has 0 spiro atoms. The smallest absolute Gasteiger partial charge is 0.129 e. The molecule has 0 saturated carbocycles. The molecule has 5 heteroatoms. The molecule has 0 radical (unpaired) electrons. The van der Waals surface area contributed by atoms with Crippen molar-refractivity contribution < 1.29 is 19.0 Å². The van der Waals surface area contributed by atoms with Crippen LogP contribution in [0.15, 0.2) is 22.8 Å². The summed E-state index contributed by atoms with van der Waals surface area (Å²) in [6, 6.07) is 3.95. The second-order valence-corrected chi connectivity index (χ2v) is 4.60. The number of aliphatic hydroxyl groups excluding tert-OH is 1. The van der Waals surface area contributed by atoms with Crippen LogP contribution < -0.4 is 5.32 Å². The fourth-order valence-corrected chi connectivity index (χ4v) is 1.85. The molecule has 110 valence electrons. The van der Waals surface area contributed by atoms with E-state index in [1.54, 1.807) is 13.4 Å². The van der Waals surface area contributed by atoms with Crippen molar-refractivity contribution in [3.05, 3.63) is 24.2 Å². The van der Waals surface area contributed by atoms with Crippen molar-refractivity contribution in [2.75, 3.05) is 26.9 Å². The van der Waals surface area contributed by atoms with Gasteiger partial charge < -0.3 is 24.3 Å². The van der Waals surface area contributed by atoms with Crippen molar-refractivity contribution in [2.24, 2.45) is 0 Å². The van der Waals surface area contributed by atoms with E-state index in [-0.39, 0.29) is 6.04 Å². The van der Waals surface area contributed by atoms with E-state index in [1.807, 2.05) is 12.1 Å². The van der Waals surface area contributed by atoms with Gasteiger partial charge in [0.1, 0.15) is 12.4 Å². The maximum absolute atomic E-state index is 9.80. The van der Waals surface area contributed by atoms with Gasteiger partial charge in [0, 0.05) is 19.7 Å². The van der Waals surface area contributed by atoms with Gasteiger partial charge in [-0.2, -0.15) is 0 Å². The highest BCUT2D eigenvalue weighted by molar-refractivity contribution is 4.96. The number of hydrogen-bond donors (Lipinski definition) is 2. The van der Waals surface area contributed by atoms with E-state index in [0.29, 0.717) is 26.4 Å². The number of rotatable bonds is 11. The summed E-state index contributed by atoms with van der Waals surface area (Å²) in [4.78, 5) is 0. The van der Waals surface area contributed by atoms with Crippen molar-refractivity contribution in [3.63, 3.8) is 0 Å². The maximum atomic E-state index is 9.80. The molecule has 2 unspecified atom stereocenters. The van der Waals surface area contributed by atoms with Crippen LogP contribution in [-0.4, -0.2) is 44.1 Å². The molecule has 5 nitrogen and oxygen atoms in total. The highest BCUT2D eigenvalue weighted by Gasteiger charge is 2.10. The Hall–Kier alpha value is -0.880. The third-order valence-corrected chi connectivity index (χ3v) is 2.78. The summed E-state index contributed by atoms with van der Waals surface area (Å²) in [5, 5.41) is 13.1. The Balaban J connectivity index is 2.10. The number of hydrogen-bond acceptors (Lipinski definition) is 5. The molecule has 0 bridgehead atoms. The summed E-state index contributed by atoms with van der Waals surface area (Å²) < 4.78 is 15.6. The third-order valence-electron chi connectivity index (χ3n) is 2.78. The van der Waals surface area contributed by atoms with Crippen LogP contribution in [0, 0.1) is 0 Å². The molecular formula is C14H25NO4. The molecule has 19 heavy (non-hydrogen) atoms. The SMILES string of the molecule is CCCC(COC)NCC(O)COCc1ccco1. The van der Waals surface area contributed by atoms with Crippen molar-refractivity contribution in [2.45, 2.75) is 38.5 Å². The van der Waals surface area contributed by atoms with Crippen LogP contribution in [0.5, 0.6) is 0 Å². The molecule has 0 fully saturated rings. The summed E-state index contributed by atoms with van der Waals surface area (Å²) in [6.07, 6.45) is 3.21. The lowest BCUT2D eigenvalue weighted by Crippen LogP contribution is -2.39. The van der Waals surface area contributed by atoms with Crippen LogP contribution in [0.25, 0.3) is 0 Å². The maximum Gasteiger partial charge on any atom is 0.129 e. The second kappa shape index (κ2) is 9.97. The zero-order valence-electron chi connectivity index (χ0n) is 11.8. The lowest BCUT2D eigenvalue weighted by atomic mass is 10.2. The molecule has 1 aromatic rings. The van der Waals surface area contributed by atoms with E-state index in [2.05, 4.69) is 12.2 Å². The number of nitrogens with one attached hydrogen (secondary N) is 1. The summed E-state index contributed by atoms with van der Waals surface area (Å²) in [5.74, 6) is 0.767. The first kappa shape index (κ1) is 16.2. The Morgan fingerprint density at radius 2 is 2.26 bits per heavy atom. The predicted molar refractivity (Wildman–Crippen MR) is 72.9 cm³/mol. The molecule has 0 aliphatic heterocycles. The van der Waals surface area contributed by atoms with Gasteiger partial charge in [0.05, 0.1) is 25.6 Å². The molecule has 0 aliphatic carbocycles. The molecule has 0 amide bonds. The first-order valence-corrected chi connectivity index (χ1v) is 6.76. The molecule has 1 rings (SSSR count). The fourth-order valence-electron chi connectivity index (χ4n) is 1.85. The minimum absolute atomic E-state index is 0.287. The Kier molecular flexibility index (Phi) is 8.49. The molecule has 2 atom stereocenters. The second-order valence-electron chi connectivity index (χ2n) is 4.60. The van der Waals surface area contributed by atoms with Gasteiger partial charge in [0.15, 0.2) is 0 Å². The van der Waals surface area contributed by atoms with Crippen LogP contribution in [-0.2, 0) is 16.1 Å². The lowest BCUT2D eigenvalue weighted by Gasteiger charge is -2.19. The van der Waals surface area contributed by atoms with Crippen LogP contribution in [0.4, 0.5) is 0 Å². The zero-order chi connectivity index (χ0) is 13.9. The Bertz CT molecular complexity index is 296. The summed E-state index contributed by atoms with van der Waals surface area (Å²) in [6.45, 7) is 3.98. The number of furan rings is 1. The van der Waals surface area contributed by atoms with E-state index >= 15 is 0 Å². The van der Waals surface area contributed by atoms with Crippen molar-refractivity contribution >= 4 is 0 Å². The van der Waals surface area contributed by atoms with Crippen LogP contribution in [0.1, 0.15) is 25.5 Å². The number of aliphatic hydroxyl groups is 1. The van der Waals surface area contributed by atoms with Gasteiger partial charge in [-0.3, -0.25) is 0 Å². The Morgan fingerprint density at radius 3 is 2.89 bits per heavy atom. The van der Waals surface area contributed by atoms with Gasteiger partial charge >= 0.3 is 0 Å². The van der Waals surface area contributed by atoms with Crippen molar-refractivity contribution in [1.82, 2.24) is 5.32 Å². The van der Waals surface area contributed by atoms with Crippen LogP contribution >= 0.6 is 0 Å². The number of methoxy groups -OCH3 is 1. The highest BCUT2D eigenvalue weighted by atomic mass is 16.5. The molecule has 2 N–H and O–H groups in total. The summed E-state index contributed by atoms with van der Waals surface area (Å²) in [7, 11) is 1.69. The monoisotopic (exact) mass is 271 g/mol. The predicted octanol–water partition coefficient (Wildman–Crippen LogP) is 1.56.